The number of rotatable bonds is 6. The summed E-state index contributed by atoms with van der Waals surface area (Å²) < 4.78 is 38.8. The van der Waals surface area contributed by atoms with E-state index in [0.717, 1.165) is 24.5 Å². The first-order valence-electron chi connectivity index (χ1n) is 11.7. The van der Waals surface area contributed by atoms with Crippen LogP contribution in [-0.4, -0.2) is 80.1 Å². The van der Waals surface area contributed by atoms with E-state index in [1.165, 1.54) is 10.4 Å². The van der Waals surface area contributed by atoms with Crippen molar-refractivity contribution in [2.24, 2.45) is 5.92 Å². The number of carbonyl (C=O) groups excluding carboxylic acids is 1. The molecule has 0 spiro atoms. The Labute approximate surface area is 204 Å². The van der Waals surface area contributed by atoms with Crippen molar-refractivity contribution in [3.05, 3.63) is 48.7 Å². The van der Waals surface area contributed by atoms with Gasteiger partial charge in [0.2, 0.25) is 11.0 Å². The fraction of sp³-hybridized carbons (Fsp3) is 0.417. The smallest absolute Gasteiger partial charge is 0.276 e. The monoisotopic (exact) mass is 499 g/mol. The molecule has 2 aromatic heterocycles. The molecule has 3 aromatic rings. The Morgan fingerprint density at radius 3 is 2.69 bits per heavy atom. The molecule has 35 heavy (non-hydrogen) atoms. The van der Waals surface area contributed by atoms with Gasteiger partial charge >= 0.3 is 0 Å². The number of furan rings is 1. The summed E-state index contributed by atoms with van der Waals surface area (Å²) in [5.74, 6) is 0.870. The number of methoxy groups -OCH3 is 1. The number of hydrogen-bond donors (Lipinski definition) is 1. The number of sulfonamides is 1. The summed E-state index contributed by atoms with van der Waals surface area (Å²) >= 11 is 0. The van der Waals surface area contributed by atoms with Crippen LogP contribution in [0, 0.1) is 5.92 Å². The first kappa shape index (κ1) is 23.4. The third-order valence-corrected chi connectivity index (χ3v) is 8.42. The highest BCUT2D eigenvalue weighted by molar-refractivity contribution is 7.89. The maximum atomic E-state index is 13.3. The largest absolute Gasteiger partial charge is 0.497 e. The van der Waals surface area contributed by atoms with Gasteiger partial charge in [-0.2, -0.15) is 9.40 Å². The predicted molar refractivity (Wildman–Crippen MR) is 130 cm³/mol. The number of ether oxygens (including phenoxy) is 1. The van der Waals surface area contributed by atoms with Gasteiger partial charge in [-0.25, -0.2) is 8.42 Å². The zero-order valence-electron chi connectivity index (χ0n) is 19.6. The molecule has 1 atom stereocenters. The summed E-state index contributed by atoms with van der Waals surface area (Å²) in [6, 6.07) is 12.7. The summed E-state index contributed by atoms with van der Waals surface area (Å²) in [6.45, 7) is 3.18. The third-order valence-electron chi connectivity index (χ3n) is 6.68. The molecule has 0 aliphatic carbocycles. The normalized spacial score (nSPS) is 19.6. The number of benzene rings is 1. The topological polar surface area (TPSA) is 112 Å². The number of H-pyrrole nitrogens is 1. The molecule has 1 aromatic carbocycles. The predicted octanol–water partition coefficient (Wildman–Crippen LogP) is 2.43. The van der Waals surface area contributed by atoms with E-state index in [1.54, 1.807) is 25.4 Å². The van der Waals surface area contributed by atoms with Gasteiger partial charge in [0, 0.05) is 57.2 Å². The number of piperidine rings is 1. The summed E-state index contributed by atoms with van der Waals surface area (Å²) in [5.41, 5.74) is 1.67. The number of piperazine rings is 1. The molecule has 0 saturated carbocycles. The number of carbonyl (C=O) groups is 1. The lowest BCUT2D eigenvalue weighted by atomic mass is 9.97. The van der Waals surface area contributed by atoms with Crippen LogP contribution in [0.2, 0.25) is 0 Å². The molecule has 1 amide bonds. The molecule has 4 heterocycles. The number of amides is 1. The molecule has 2 fully saturated rings. The number of hydrogen-bond acceptors (Lipinski definition) is 7. The van der Waals surface area contributed by atoms with Crippen LogP contribution in [0.4, 0.5) is 5.69 Å². The molecule has 0 unspecified atom stereocenters. The first-order chi connectivity index (χ1) is 17.0. The SMILES string of the molecule is COc1cccc(N2CCN(C(=O)[C@@H]3CCCN(S(=O)(=O)c4ccc(-c5ccn[nH]5)o4)C3)CC2)c1. The first-order valence-corrected chi connectivity index (χ1v) is 13.2. The Hall–Kier alpha value is -3.31. The summed E-state index contributed by atoms with van der Waals surface area (Å²) in [6.07, 6.45) is 2.88. The van der Waals surface area contributed by atoms with Crippen LogP contribution < -0.4 is 9.64 Å². The van der Waals surface area contributed by atoms with E-state index in [9.17, 15) is 13.2 Å². The highest BCUT2D eigenvalue weighted by Crippen LogP contribution is 2.29. The summed E-state index contributed by atoms with van der Waals surface area (Å²) in [5, 5.41) is 6.51. The fourth-order valence-corrected chi connectivity index (χ4v) is 6.17. The van der Waals surface area contributed by atoms with Crippen molar-refractivity contribution in [1.82, 2.24) is 19.4 Å². The van der Waals surface area contributed by atoms with Crippen LogP contribution in [0.3, 0.4) is 0 Å². The third kappa shape index (κ3) is 4.78. The minimum absolute atomic E-state index is 0.0211. The minimum atomic E-state index is -3.84. The molecule has 11 heteroatoms. The number of aromatic amines is 1. The van der Waals surface area contributed by atoms with E-state index in [1.807, 2.05) is 29.2 Å². The second kappa shape index (κ2) is 9.74. The van der Waals surface area contributed by atoms with E-state index in [4.69, 9.17) is 9.15 Å². The number of aromatic nitrogens is 2. The quantitative estimate of drug-likeness (QED) is 0.554. The van der Waals surface area contributed by atoms with Crippen LogP contribution >= 0.6 is 0 Å². The molecular weight excluding hydrogens is 470 g/mol. The molecule has 0 bridgehead atoms. The second-order valence-corrected chi connectivity index (χ2v) is 10.7. The zero-order chi connectivity index (χ0) is 24.4. The van der Waals surface area contributed by atoms with Crippen molar-refractivity contribution >= 4 is 21.6 Å². The Balaban J connectivity index is 1.21. The van der Waals surface area contributed by atoms with Crippen LogP contribution in [0.15, 0.2) is 58.2 Å². The van der Waals surface area contributed by atoms with Crippen LogP contribution in [0.5, 0.6) is 5.75 Å². The Morgan fingerprint density at radius 2 is 1.94 bits per heavy atom. The molecule has 2 saturated heterocycles. The highest BCUT2D eigenvalue weighted by atomic mass is 32.2. The van der Waals surface area contributed by atoms with Gasteiger partial charge in [-0.1, -0.05) is 6.07 Å². The van der Waals surface area contributed by atoms with Gasteiger partial charge in [0.1, 0.15) is 11.4 Å². The van der Waals surface area contributed by atoms with Gasteiger partial charge in [0.15, 0.2) is 5.76 Å². The standard InChI is InChI=1S/C24H29N5O5S/c1-33-20-6-2-5-19(16-20)27-12-14-28(15-13-27)24(30)18-4-3-11-29(17-18)35(31,32)23-8-7-22(34-23)21-9-10-25-26-21/h2,5-10,16,18H,3-4,11-15,17H2,1H3,(H,25,26)/t18-/m1/s1. The van der Waals surface area contributed by atoms with Gasteiger partial charge in [0.05, 0.1) is 13.0 Å². The highest BCUT2D eigenvalue weighted by Gasteiger charge is 2.37. The lowest BCUT2D eigenvalue weighted by Gasteiger charge is -2.39. The maximum Gasteiger partial charge on any atom is 0.276 e. The van der Waals surface area contributed by atoms with E-state index < -0.39 is 10.0 Å². The van der Waals surface area contributed by atoms with E-state index in [-0.39, 0.29) is 23.5 Å². The Kier molecular flexibility index (Phi) is 6.52. The van der Waals surface area contributed by atoms with Crippen molar-refractivity contribution in [3.63, 3.8) is 0 Å². The van der Waals surface area contributed by atoms with Crippen molar-refractivity contribution in [2.45, 2.75) is 17.9 Å². The molecule has 1 N–H and O–H groups in total. The van der Waals surface area contributed by atoms with Crippen molar-refractivity contribution in [1.29, 1.82) is 0 Å². The van der Waals surface area contributed by atoms with Gasteiger partial charge in [-0.05, 0) is 43.2 Å². The molecule has 2 aliphatic rings. The summed E-state index contributed by atoms with van der Waals surface area (Å²) in [7, 11) is -2.19. The van der Waals surface area contributed by atoms with Gasteiger partial charge in [0.25, 0.3) is 10.0 Å². The number of nitrogens with one attached hydrogen (secondary N) is 1. The molecular formula is C24H29N5O5S. The van der Waals surface area contributed by atoms with E-state index in [0.29, 0.717) is 43.9 Å². The van der Waals surface area contributed by atoms with E-state index in [2.05, 4.69) is 15.1 Å². The zero-order valence-corrected chi connectivity index (χ0v) is 20.4. The van der Waals surface area contributed by atoms with Crippen LogP contribution in [0.1, 0.15) is 12.8 Å². The second-order valence-electron chi connectivity index (χ2n) is 8.81. The lowest BCUT2D eigenvalue weighted by Crippen LogP contribution is -2.53. The number of anilines is 1. The molecule has 186 valence electrons. The Bertz CT molecular complexity index is 1260. The van der Waals surface area contributed by atoms with Gasteiger partial charge < -0.3 is 19.0 Å². The van der Waals surface area contributed by atoms with Crippen molar-refractivity contribution < 1.29 is 22.4 Å². The average Bonchev–Trinajstić information content (AvgIpc) is 3.61. The molecule has 5 rings (SSSR count). The number of nitrogens with zero attached hydrogens (tertiary/aromatic N) is 4. The van der Waals surface area contributed by atoms with Gasteiger partial charge in [-0.15, -0.1) is 0 Å². The van der Waals surface area contributed by atoms with Gasteiger partial charge in [-0.3, -0.25) is 9.89 Å². The van der Waals surface area contributed by atoms with E-state index >= 15 is 0 Å². The Morgan fingerprint density at radius 1 is 1.11 bits per heavy atom. The molecule has 0 radical (unpaired) electrons. The van der Waals surface area contributed by atoms with Crippen molar-refractivity contribution in [2.75, 3.05) is 51.3 Å². The van der Waals surface area contributed by atoms with Crippen LogP contribution in [0.25, 0.3) is 11.5 Å². The molecule has 2 aliphatic heterocycles. The van der Waals surface area contributed by atoms with Crippen molar-refractivity contribution in [3.8, 4) is 17.2 Å². The lowest BCUT2D eigenvalue weighted by molar-refractivity contribution is -0.137. The molecule has 10 nitrogen and oxygen atoms in total. The van der Waals surface area contributed by atoms with Crippen LogP contribution in [-0.2, 0) is 14.8 Å². The average molecular weight is 500 g/mol. The minimum Gasteiger partial charge on any atom is -0.497 e. The maximum absolute atomic E-state index is 13.3. The fourth-order valence-electron chi connectivity index (χ4n) is 4.74. The summed E-state index contributed by atoms with van der Waals surface area (Å²) in [4.78, 5) is 17.4.